The van der Waals surface area contributed by atoms with Gasteiger partial charge in [0, 0.05) is 12.1 Å². The number of carbonyl (C=O) groups is 1. The van der Waals surface area contributed by atoms with Gasteiger partial charge in [0.05, 0.1) is 11.6 Å². The number of halogens is 2. The van der Waals surface area contributed by atoms with Crippen LogP contribution in [0.25, 0.3) is 0 Å². The number of pyridine rings is 1. The number of nitriles is 1. The van der Waals surface area contributed by atoms with E-state index < -0.39 is 12.1 Å². The predicted octanol–water partition coefficient (Wildman–Crippen LogP) is 1.16. The van der Waals surface area contributed by atoms with Crippen LogP contribution in [0.15, 0.2) is 6.07 Å². The molecule has 0 amide bonds. The molecule has 78 valence electrons. The van der Waals surface area contributed by atoms with Crippen LogP contribution in [0.1, 0.15) is 33.7 Å². The van der Waals surface area contributed by atoms with Crippen LogP contribution in [0, 0.1) is 11.3 Å². The van der Waals surface area contributed by atoms with Crippen molar-refractivity contribution in [1.82, 2.24) is 4.98 Å². The van der Waals surface area contributed by atoms with E-state index in [1.807, 2.05) is 0 Å². The lowest BCUT2D eigenvalue weighted by atomic mass is 10.1. The molecule has 15 heavy (non-hydrogen) atoms. The van der Waals surface area contributed by atoms with E-state index in [1.54, 1.807) is 6.07 Å². The number of aromatic nitrogens is 1. The van der Waals surface area contributed by atoms with Crippen molar-refractivity contribution in [2.45, 2.75) is 13.0 Å². The zero-order chi connectivity index (χ0) is 11.4. The van der Waals surface area contributed by atoms with Gasteiger partial charge in [0.2, 0.25) is 0 Å². The summed E-state index contributed by atoms with van der Waals surface area (Å²) in [4.78, 5) is 14.0. The molecule has 0 atom stereocenters. The smallest absolute Gasteiger partial charge is 0.280 e. The van der Waals surface area contributed by atoms with E-state index in [2.05, 4.69) is 4.98 Å². The molecule has 0 radical (unpaired) electrons. The van der Waals surface area contributed by atoms with Crippen LogP contribution in [0.5, 0.6) is 0 Å². The highest BCUT2D eigenvalue weighted by atomic mass is 19.3. The van der Waals surface area contributed by atoms with Gasteiger partial charge in [-0.3, -0.25) is 4.79 Å². The van der Waals surface area contributed by atoms with Crippen molar-refractivity contribution in [2.24, 2.45) is 5.73 Å². The Morgan fingerprint density at radius 3 is 2.73 bits per heavy atom. The predicted molar refractivity (Wildman–Crippen MR) is 47.2 cm³/mol. The highest BCUT2D eigenvalue weighted by molar-refractivity contribution is 5.75. The van der Waals surface area contributed by atoms with Crippen molar-refractivity contribution >= 4 is 6.29 Å². The van der Waals surface area contributed by atoms with Gasteiger partial charge >= 0.3 is 0 Å². The Morgan fingerprint density at radius 2 is 2.33 bits per heavy atom. The van der Waals surface area contributed by atoms with Crippen molar-refractivity contribution in [3.8, 4) is 6.07 Å². The summed E-state index contributed by atoms with van der Waals surface area (Å²) in [7, 11) is 0. The molecular formula is C9H7F2N3O. The van der Waals surface area contributed by atoms with E-state index in [4.69, 9.17) is 11.0 Å². The van der Waals surface area contributed by atoms with E-state index in [1.165, 1.54) is 0 Å². The summed E-state index contributed by atoms with van der Waals surface area (Å²) in [6.45, 7) is -0.0898. The van der Waals surface area contributed by atoms with Crippen LogP contribution < -0.4 is 5.73 Å². The van der Waals surface area contributed by atoms with Crippen LogP contribution in [0.3, 0.4) is 0 Å². The van der Waals surface area contributed by atoms with Gasteiger partial charge in [-0.25, -0.2) is 13.8 Å². The Morgan fingerprint density at radius 1 is 1.67 bits per heavy atom. The summed E-state index contributed by atoms with van der Waals surface area (Å²) in [5, 5.41) is 8.68. The number of rotatable bonds is 3. The number of nitrogens with zero attached hydrogens (tertiary/aromatic N) is 2. The fourth-order valence-electron chi connectivity index (χ4n) is 1.14. The second-order valence-corrected chi connectivity index (χ2v) is 2.69. The summed E-state index contributed by atoms with van der Waals surface area (Å²) in [5.41, 5.74) is 4.65. The summed E-state index contributed by atoms with van der Waals surface area (Å²) in [6, 6.07) is 2.65. The summed E-state index contributed by atoms with van der Waals surface area (Å²) in [5.74, 6) is 0. The molecule has 0 aliphatic rings. The number of hydrogen-bond acceptors (Lipinski definition) is 4. The Bertz CT molecular complexity index is 426. The highest BCUT2D eigenvalue weighted by Crippen LogP contribution is 2.20. The normalized spacial score (nSPS) is 10.1. The first kappa shape index (κ1) is 11.2. The Hall–Kier alpha value is -1.87. The molecule has 1 aromatic rings. The van der Waals surface area contributed by atoms with Crippen LogP contribution >= 0.6 is 0 Å². The van der Waals surface area contributed by atoms with Crippen LogP contribution in [-0.2, 0) is 6.54 Å². The molecule has 6 heteroatoms. The maximum absolute atomic E-state index is 12.3. The van der Waals surface area contributed by atoms with Crippen LogP contribution in [-0.4, -0.2) is 11.3 Å². The topological polar surface area (TPSA) is 79.8 Å². The SMILES string of the molecule is N#Cc1cc(C(F)F)nc(C=O)c1CN. The van der Waals surface area contributed by atoms with E-state index in [0.717, 1.165) is 6.07 Å². The lowest BCUT2D eigenvalue weighted by Crippen LogP contribution is -2.08. The molecule has 0 aliphatic heterocycles. The molecule has 1 rings (SSSR count). The minimum Gasteiger partial charge on any atom is -0.326 e. The average molecular weight is 211 g/mol. The van der Waals surface area contributed by atoms with Gasteiger partial charge in [-0.2, -0.15) is 5.26 Å². The number of hydrogen-bond donors (Lipinski definition) is 1. The first-order valence-corrected chi connectivity index (χ1v) is 4.01. The molecular weight excluding hydrogens is 204 g/mol. The molecule has 0 spiro atoms. The molecule has 0 aliphatic carbocycles. The maximum Gasteiger partial charge on any atom is 0.280 e. The third-order valence-electron chi connectivity index (χ3n) is 1.84. The van der Waals surface area contributed by atoms with E-state index >= 15 is 0 Å². The summed E-state index contributed by atoms with van der Waals surface area (Å²) >= 11 is 0. The van der Waals surface area contributed by atoms with Gasteiger partial charge in [0.25, 0.3) is 6.43 Å². The lowest BCUT2D eigenvalue weighted by molar-refractivity contribution is 0.111. The van der Waals surface area contributed by atoms with Gasteiger partial charge in [0.15, 0.2) is 6.29 Å². The average Bonchev–Trinajstić information content (AvgIpc) is 2.26. The quantitative estimate of drug-likeness (QED) is 0.761. The summed E-state index contributed by atoms with van der Waals surface area (Å²) < 4.78 is 24.6. The fourth-order valence-corrected chi connectivity index (χ4v) is 1.14. The minimum atomic E-state index is -2.82. The second kappa shape index (κ2) is 4.57. The van der Waals surface area contributed by atoms with Crippen LogP contribution in [0.4, 0.5) is 8.78 Å². The molecule has 0 saturated carbocycles. The number of alkyl halides is 2. The third-order valence-corrected chi connectivity index (χ3v) is 1.84. The van der Waals surface area contributed by atoms with E-state index in [-0.39, 0.29) is 23.4 Å². The van der Waals surface area contributed by atoms with Gasteiger partial charge in [-0.05, 0) is 6.07 Å². The molecule has 2 N–H and O–H groups in total. The Labute approximate surface area is 84.3 Å². The largest absolute Gasteiger partial charge is 0.326 e. The van der Waals surface area contributed by atoms with E-state index in [0.29, 0.717) is 6.29 Å². The Balaban J connectivity index is 3.44. The van der Waals surface area contributed by atoms with Gasteiger partial charge in [-0.1, -0.05) is 0 Å². The van der Waals surface area contributed by atoms with Gasteiger partial charge < -0.3 is 5.73 Å². The van der Waals surface area contributed by atoms with Crippen molar-refractivity contribution in [3.63, 3.8) is 0 Å². The molecule has 1 heterocycles. The first-order chi connectivity index (χ1) is 7.13. The van der Waals surface area contributed by atoms with Crippen molar-refractivity contribution in [1.29, 1.82) is 5.26 Å². The molecule has 0 aromatic carbocycles. The van der Waals surface area contributed by atoms with Crippen molar-refractivity contribution in [3.05, 3.63) is 28.6 Å². The number of aldehydes is 1. The molecule has 0 fully saturated rings. The zero-order valence-electron chi connectivity index (χ0n) is 7.58. The molecule has 0 bridgehead atoms. The molecule has 1 aromatic heterocycles. The van der Waals surface area contributed by atoms with Crippen LogP contribution in [0.2, 0.25) is 0 Å². The minimum absolute atomic E-state index is 0.0371. The van der Waals surface area contributed by atoms with Gasteiger partial charge in [-0.15, -0.1) is 0 Å². The first-order valence-electron chi connectivity index (χ1n) is 4.01. The second-order valence-electron chi connectivity index (χ2n) is 2.69. The van der Waals surface area contributed by atoms with Crippen molar-refractivity contribution in [2.75, 3.05) is 0 Å². The summed E-state index contributed by atoms with van der Waals surface area (Å²) in [6.07, 6.45) is -2.50. The third kappa shape index (κ3) is 2.14. The molecule has 0 saturated heterocycles. The highest BCUT2D eigenvalue weighted by Gasteiger charge is 2.16. The molecule has 0 unspecified atom stereocenters. The Kier molecular flexibility index (Phi) is 3.42. The van der Waals surface area contributed by atoms with E-state index in [9.17, 15) is 13.6 Å². The number of nitrogens with two attached hydrogens (primary N) is 1. The zero-order valence-corrected chi connectivity index (χ0v) is 7.58. The maximum atomic E-state index is 12.3. The standard InChI is InChI=1S/C9H7F2N3O/c10-9(11)7-1-5(2-12)6(3-13)8(4-15)14-7/h1,4,9H,3,13H2. The monoisotopic (exact) mass is 211 g/mol. The fraction of sp³-hybridized carbons (Fsp3) is 0.222. The van der Waals surface area contributed by atoms with Crippen molar-refractivity contribution < 1.29 is 13.6 Å². The number of carbonyl (C=O) groups excluding carboxylic acids is 1. The van der Waals surface area contributed by atoms with Gasteiger partial charge in [0.1, 0.15) is 11.4 Å². The molecule has 4 nitrogen and oxygen atoms in total. The lowest BCUT2D eigenvalue weighted by Gasteiger charge is -2.06.